The Morgan fingerprint density at radius 1 is 0.774 bits per heavy atom. The van der Waals surface area contributed by atoms with Gasteiger partial charge in [-0.2, -0.15) is 0 Å². The first-order chi connectivity index (χ1) is 25.2. The summed E-state index contributed by atoms with van der Waals surface area (Å²) in [4.78, 5) is 52.2. The number of nitrogens with one attached hydrogen (secondary N) is 4. The second-order valence-electron chi connectivity index (χ2n) is 10.7. The number of benzene rings is 2. The van der Waals surface area contributed by atoms with Gasteiger partial charge in [0.15, 0.2) is 9.84 Å². The minimum atomic E-state index is -3.84. The zero-order chi connectivity index (χ0) is 37.9. The number of halogens is 1. The average Bonchev–Trinajstić information content (AvgIpc) is 3.77. The first kappa shape index (κ1) is 35.0. The van der Waals surface area contributed by atoms with Crippen molar-refractivity contribution in [1.29, 1.82) is 0 Å². The molecule has 6 aromatic rings. The Morgan fingerprint density at radius 2 is 1.45 bits per heavy atom. The number of aromatic nitrogens is 8. The predicted molar refractivity (Wildman–Crippen MR) is 178 cm³/mol. The zero-order valence-corrected chi connectivity index (χ0v) is 27.3. The maximum absolute atomic E-state index is 15.2. The van der Waals surface area contributed by atoms with Crippen LogP contribution in [0.5, 0.6) is 23.4 Å². The summed E-state index contributed by atoms with van der Waals surface area (Å²) in [5.41, 5.74) is -1.83. The van der Waals surface area contributed by atoms with E-state index in [4.69, 9.17) is 14.6 Å². The molecule has 0 saturated carbocycles. The molecule has 18 nitrogen and oxygen atoms in total. The number of hydrogen-bond donors (Lipinski definition) is 6. The van der Waals surface area contributed by atoms with E-state index in [0.717, 1.165) is 18.4 Å². The van der Waals surface area contributed by atoms with Crippen LogP contribution in [0.3, 0.4) is 0 Å². The van der Waals surface area contributed by atoms with Gasteiger partial charge in [0.05, 0.1) is 16.2 Å². The van der Waals surface area contributed by atoms with Crippen LogP contribution in [0, 0.1) is 29.5 Å². The van der Waals surface area contributed by atoms with Gasteiger partial charge in [0, 0.05) is 41.1 Å². The number of pyridine rings is 2. The highest BCUT2D eigenvalue weighted by Gasteiger charge is 2.19. The highest BCUT2D eigenvalue weighted by molar-refractivity contribution is 7.90. The monoisotopic (exact) mass is 738 g/mol. The lowest BCUT2D eigenvalue weighted by atomic mass is 10.0. The molecule has 4 aromatic heterocycles. The van der Waals surface area contributed by atoms with Gasteiger partial charge >= 0.3 is 11.9 Å². The van der Waals surface area contributed by atoms with Crippen LogP contribution in [0.2, 0.25) is 0 Å². The third kappa shape index (κ3) is 8.15. The van der Waals surface area contributed by atoms with Crippen LogP contribution in [0.1, 0.15) is 43.4 Å². The van der Waals surface area contributed by atoms with Crippen molar-refractivity contribution in [2.24, 2.45) is 0 Å². The first-order valence-electron chi connectivity index (χ1n) is 14.5. The summed E-state index contributed by atoms with van der Waals surface area (Å²) in [6.07, 6.45) is 0.958. The van der Waals surface area contributed by atoms with Crippen LogP contribution in [0.15, 0.2) is 75.1 Å². The van der Waals surface area contributed by atoms with E-state index in [2.05, 4.69) is 64.5 Å². The minimum absolute atomic E-state index is 0.000342. The number of rotatable bonds is 8. The fourth-order valence-corrected chi connectivity index (χ4v) is 5.16. The summed E-state index contributed by atoms with van der Waals surface area (Å²) >= 11 is 0. The number of nitrogens with zero attached hydrogens (tertiary/aromatic N) is 4. The van der Waals surface area contributed by atoms with E-state index in [1.54, 1.807) is 0 Å². The van der Waals surface area contributed by atoms with Gasteiger partial charge in [-0.15, -0.1) is 0 Å². The van der Waals surface area contributed by atoms with Crippen LogP contribution >= 0.6 is 0 Å². The molecule has 0 bridgehead atoms. The van der Waals surface area contributed by atoms with E-state index in [1.807, 2.05) is 0 Å². The highest BCUT2D eigenvalue weighted by atomic mass is 32.2. The summed E-state index contributed by atoms with van der Waals surface area (Å²) < 4.78 is 51.1. The summed E-state index contributed by atoms with van der Waals surface area (Å²) in [5.74, 6) is 6.28. The average molecular weight is 739 g/mol. The normalized spacial score (nSPS) is 10.8. The number of carboxylic acids is 2. The second kappa shape index (κ2) is 14.2. The smallest absolute Gasteiger partial charge is 0.359 e. The van der Waals surface area contributed by atoms with Gasteiger partial charge in [0.1, 0.15) is 11.6 Å². The van der Waals surface area contributed by atoms with Crippen LogP contribution in [-0.2, 0) is 9.84 Å². The van der Waals surface area contributed by atoms with Crippen molar-refractivity contribution in [2.75, 3.05) is 6.26 Å². The van der Waals surface area contributed by atoms with Crippen LogP contribution in [0.25, 0.3) is 11.1 Å². The van der Waals surface area contributed by atoms with Crippen molar-refractivity contribution < 1.29 is 42.1 Å². The first-order valence-corrected chi connectivity index (χ1v) is 16.4. The second-order valence-corrected chi connectivity index (χ2v) is 12.7. The Kier molecular flexibility index (Phi) is 9.37. The molecule has 2 aromatic carbocycles. The molecule has 6 N–H and O–H groups in total. The molecule has 0 spiro atoms. The molecule has 53 heavy (non-hydrogen) atoms. The van der Waals surface area contributed by atoms with Crippen LogP contribution < -0.4 is 20.6 Å². The summed E-state index contributed by atoms with van der Waals surface area (Å²) in [6.45, 7) is 0. The lowest BCUT2D eigenvalue weighted by Crippen LogP contribution is -2.10. The van der Waals surface area contributed by atoms with Crippen LogP contribution in [0.4, 0.5) is 4.39 Å². The fraction of sp³-hybridized carbons (Fsp3) is 0.0303. The molecule has 0 aliphatic carbocycles. The van der Waals surface area contributed by atoms with Crippen molar-refractivity contribution in [1.82, 2.24) is 40.8 Å². The third-order valence-corrected chi connectivity index (χ3v) is 7.97. The predicted octanol–water partition coefficient (Wildman–Crippen LogP) is 2.29. The minimum Gasteiger partial charge on any atom is -0.476 e. The van der Waals surface area contributed by atoms with Gasteiger partial charge < -0.3 is 24.7 Å². The molecule has 0 fully saturated rings. The largest absolute Gasteiger partial charge is 0.476 e. The SMILES string of the molecule is CS(=O)(=O)c1cc(C#Cc2cc(Oc3nn[nH]c3C(=O)O)cc(=O)[nH]2)cc(-c2cc(C#Cc3ccc(Oc4nn[nH]c4C(=O)O)[nH]c3=O)ccc2F)c1. The van der Waals surface area contributed by atoms with Gasteiger partial charge in [-0.25, -0.2) is 32.6 Å². The Bertz CT molecular complexity index is 2820. The number of H-pyrrole nitrogens is 4. The molecule has 20 heteroatoms. The number of ether oxygens (including phenoxy) is 2. The molecule has 4 heterocycles. The molecule has 0 amide bonds. The number of carboxylic acid groups (broad SMARTS) is 2. The number of aromatic amines is 4. The molecule has 0 unspecified atom stereocenters. The van der Waals surface area contributed by atoms with Crippen LogP contribution in [-0.4, -0.2) is 77.6 Å². The van der Waals surface area contributed by atoms with Crippen molar-refractivity contribution in [3.05, 3.63) is 121 Å². The Labute approximate surface area is 294 Å². The number of hydrogen-bond acceptors (Lipinski definition) is 12. The van der Waals surface area contributed by atoms with E-state index in [9.17, 15) is 32.7 Å². The lowest BCUT2D eigenvalue weighted by Gasteiger charge is -2.08. The van der Waals surface area contributed by atoms with Gasteiger partial charge in [0.25, 0.3) is 22.9 Å². The van der Waals surface area contributed by atoms with E-state index in [1.165, 1.54) is 48.5 Å². The van der Waals surface area contributed by atoms with Gasteiger partial charge in [-0.3, -0.25) is 14.6 Å². The maximum atomic E-state index is 15.2. The number of aromatic carboxylic acids is 2. The molecule has 0 radical (unpaired) electrons. The molecule has 6 rings (SSSR count). The molecular weight excluding hydrogens is 719 g/mol. The molecule has 0 atom stereocenters. The molecular formula is C33H19FN8O10S. The summed E-state index contributed by atoms with van der Waals surface area (Å²) in [6, 6.07) is 12.6. The van der Waals surface area contributed by atoms with Gasteiger partial charge in [0.2, 0.25) is 17.3 Å². The fourth-order valence-electron chi connectivity index (χ4n) is 4.48. The summed E-state index contributed by atoms with van der Waals surface area (Å²) in [5, 5.41) is 36.4. The maximum Gasteiger partial charge on any atom is 0.359 e. The Morgan fingerprint density at radius 3 is 2.11 bits per heavy atom. The summed E-state index contributed by atoms with van der Waals surface area (Å²) in [7, 11) is -3.84. The van der Waals surface area contributed by atoms with E-state index < -0.39 is 56.0 Å². The van der Waals surface area contributed by atoms with Crippen molar-refractivity contribution in [3.63, 3.8) is 0 Å². The van der Waals surface area contributed by atoms with E-state index in [0.29, 0.717) is 0 Å². The number of carbonyl (C=O) groups is 2. The number of sulfone groups is 1. The highest BCUT2D eigenvalue weighted by Crippen LogP contribution is 2.28. The molecule has 0 aliphatic rings. The zero-order valence-electron chi connectivity index (χ0n) is 26.5. The Balaban J connectivity index is 1.30. The van der Waals surface area contributed by atoms with E-state index >= 15 is 4.39 Å². The third-order valence-electron chi connectivity index (χ3n) is 6.88. The molecule has 0 aliphatic heterocycles. The lowest BCUT2D eigenvalue weighted by molar-refractivity contribution is 0.0676. The van der Waals surface area contributed by atoms with Crippen molar-refractivity contribution >= 4 is 21.8 Å². The standard InChI is InChI=1S/C33H19FN8O10S/c1-53(49,50)22-11-17(3-7-20-14-21(15-25(43)35-20)51-30-27(32(45)46)37-41-39-30)10-19(13-22)23-12-16(4-8-24(23)34)2-5-18-6-9-26(36-29(18)44)52-31-28(33(47)48)38-42-40-31/h4,6,8-15H,1H3,(H,35,43)(H,36,44)(H,45,46)(H,47,48)(H,37,39,41)(H,38,40,42). The molecule has 264 valence electrons. The van der Waals surface area contributed by atoms with Gasteiger partial charge in [-0.1, -0.05) is 38.4 Å². The van der Waals surface area contributed by atoms with Crippen molar-refractivity contribution in [3.8, 4) is 58.2 Å². The molecule has 0 saturated heterocycles. The topological polar surface area (TPSA) is 276 Å². The van der Waals surface area contributed by atoms with Crippen molar-refractivity contribution in [2.45, 2.75) is 4.90 Å². The van der Waals surface area contributed by atoms with Gasteiger partial charge in [-0.05, 0) is 53.9 Å². The van der Waals surface area contributed by atoms with E-state index in [-0.39, 0.29) is 55.9 Å². The Hall–Kier alpha value is -7.84. The quantitative estimate of drug-likeness (QED) is 0.122.